The minimum Gasteiger partial charge on any atom is -0.479 e. The molecule has 0 bridgehead atoms. The van der Waals surface area contributed by atoms with Crippen LogP contribution in [0.1, 0.15) is 120 Å². The predicted octanol–water partition coefficient (Wildman–Crippen LogP) is 9.59. The lowest BCUT2D eigenvalue weighted by molar-refractivity contribution is -0.220. The van der Waals surface area contributed by atoms with Crippen molar-refractivity contribution in [2.24, 2.45) is 57.2 Å². The van der Waals surface area contributed by atoms with E-state index >= 15 is 0 Å². The average Bonchev–Trinajstić information content (AvgIpc) is 3.49. The third-order valence-corrected chi connectivity index (χ3v) is 15.8. The van der Waals surface area contributed by atoms with Crippen LogP contribution in [-0.2, 0) is 9.59 Å². The lowest BCUT2D eigenvalue weighted by Gasteiger charge is -2.71. The maximum Gasteiger partial charge on any atom is 0.335 e. The second-order valence-electron chi connectivity index (χ2n) is 17.6. The highest BCUT2D eigenvalue weighted by molar-refractivity contribution is 5.89. The van der Waals surface area contributed by atoms with E-state index in [9.17, 15) is 24.6 Å². The van der Waals surface area contributed by atoms with Crippen molar-refractivity contribution in [1.82, 2.24) is 5.32 Å². The Morgan fingerprint density at radius 2 is 1.54 bits per heavy atom. The van der Waals surface area contributed by atoms with Gasteiger partial charge in [-0.1, -0.05) is 88.4 Å². The summed E-state index contributed by atoms with van der Waals surface area (Å²) >= 11 is 0. The molecule has 4 fully saturated rings. The quantitative estimate of drug-likeness (QED) is 0.253. The van der Waals surface area contributed by atoms with Gasteiger partial charge in [0.2, 0.25) is 5.91 Å². The molecule has 7 rings (SSSR count). The molecule has 0 spiro atoms. The third kappa shape index (κ3) is 4.98. The number of rotatable bonds is 7. The van der Waals surface area contributed by atoms with Gasteiger partial charge in [0, 0.05) is 0 Å². The Morgan fingerprint density at radius 1 is 0.840 bits per heavy atom. The minimum absolute atomic E-state index is 0.0574. The van der Waals surface area contributed by atoms with Gasteiger partial charge in [0.05, 0.1) is 11.0 Å². The molecule has 11 atom stereocenters. The summed E-state index contributed by atoms with van der Waals surface area (Å²) in [5.41, 5.74) is 4.32. The van der Waals surface area contributed by atoms with Gasteiger partial charge in [-0.3, -0.25) is 4.79 Å². The number of amides is 1. The van der Waals surface area contributed by atoms with Crippen LogP contribution in [-0.4, -0.2) is 28.1 Å². The number of aliphatic carboxylic acids is 1. The molecular weight excluding hydrogens is 622 g/mol. The molecule has 3 N–H and O–H groups in total. The van der Waals surface area contributed by atoms with Crippen molar-refractivity contribution < 1.29 is 24.6 Å². The van der Waals surface area contributed by atoms with E-state index in [2.05, 4.69) is 52.6 Å². The van der Waals surface area contributed by atoms with E-state index in [4.69, 9.17) is 0 Å². The number of benzene rings is 2. The van der Waals surface area contributed by atoms with Gasteiger partial charge in [-0.15, -0.1) is 0 Å². The van der Waals surface area contributed by atoms with Crippen molar-refractivity contribution in [2.75, 3.05) is 0 Å². The Labute approximate surface area is 297 Å². The van der Waals surface area contributed by atoms with Crippen LogP contribution in [0.2, 0.25) is 0 Å². The summed E-state index contributed by atoms with van der Waals surface area (Å²) in [6, 6.07) is 15.5. The average molecular weight is 678 g/mol. The molecule has 11 unspecified atom stereocenters. The molecule has 6 heteroatoms. The van der Waals surface area contributed by atoms with Crippen molar-refractivity contribution in [3.8, 4) is 0 Å². The second kappa shape index (κ2) is 12.2. The molecule has 50 heavy (non-hydrogen) atoms. The van der Waals surface area contributed by atoms with Crippen LogP contribution in [0.3, 0.4) is 0 Å². The van der Waals surface area contributed by atoms with E-state index in [1.165, 1.54) is 12.0 Å². The lowest BCUT2D eigenvalue weighted by Crippen LogP contribution is -2.65. The number of carboxylic acid groups (broad SMARTS) is 2. The van der Waals surface area contributed by atoms with E-state index < -0.39 is 23.4 Å². The summed E-state index contributed by atoms with van der Waals surface area (Å²) in [6.07, 6.45) is 11.5. The Morgan fingerprint density at radius 3 is 2.18 bits per heavy atom. The van der Waals surface area contributed by atoms with Gasteiger partial charge >= 0.3 is 11.9 Å². The molecule has 2 aromatic carbocycles. The van der Waals surface area contributed by atoms with E-state index in [1.54, 1.807) is 24.3 Å². The molecule has 266 valence electrons. The number of aromatic carboxylic acids is 1. The topological polar surface area (TPSA) is 104 Å². The Balaban J connectivity index is 1.20. The van der Waals surface area contributed by atoms with Crippen LogP contribution in [0.5, 0.6) is 0 Å². The highest BCUT2D eigenvalue weighted by atomic mass is 16.4. The summed E-state index contributed by atoms with van der Waals surface area (Å²) in [7, 11) is 0. The Kier molecular flexibility index (Phi) is 8.51. The summed E-state index contributed by atoms with van der Waals surface area (Å²) in [5, 5.41) is 22.7. The number of carboxylic acids is 2. The summed E-state index contributed by atoms with van der Waals surface area (Å²) < 4.78 is 0. The van der Waals surface area contributed by atoms with Crippen molar-refractivity contribution in [3.63, 3.8) is 0 Å². The predicted molar refractivity (Wildman–Crippen MR) is 196 cm³/mol. The first kappa shape index (κ1) is 34.8. The molecule has 0 radical (unpaired) electrons. The molecule has 0 aliphatic heterocycles. The first-order chi connectivity index (χ1) is 23.7. The zero-order valence-electron chi connectivity index (χ0n) is 30.5. The smallest absolute Gasteiger partial charge is 0.335 e. The van der Waals surface area contributed by atoms with Gasteiger partial charge in [-0.25, -0.2) is 9.59 Å². The molecule has 2 aromatic rings. The van der Waals surface area contributed by atoms with Crippen molar-refractivity contribution in [3.05, 3.63) is 89.5 Å². The highest BCUT2D eigenvalue weighted by Gasteiger charge is 2.71. The second-order valence-corrected chi connectivity index (χ2v) is 17.6. The van der Waals surface area contributed by atoms with Crippen LogP contribution in [0.25, 0.3) is 5.57 Å². The number of carbonyl (C=O) groups is 3. The van der Waals surface area contributed by atoms with Gasteiger partial charge in [0.1, 0.15) is 0 Å². The number of nitrogens with one attached hydrogen (secondary N) is 1. The van der Waals surface area contributed by atoms with Gasteiger partial charge < -0.3 is 15.5 Å². The molecule has 0 saturated heterocycles. The molecule has 5 aliphatic rings. The van der Waals surface area contributed by atoms with E-state index in [0.29, 0.717) is 34.8 Å². The molecular formula is C44H55NO5. The van der Waals surface area contributed by atoms with E-state index in [-0.39, 0.29) is 34.0 Å². The van der Waals surface area contributed by atoms with Crippen molar-refractivity contribution >= 4 is 23.4 Å². The van der Waals surface area contributed by atoms with Crippen LogP contribution < -0.4 is 5.32 Å². The van der Waals surface area contributed by atoms with E-state index in [1.807, 2.05) is 30.3 Å². The zero-order valence-corrected chi connectivity index (χ0v) is 30.5. The molecule has 0 aromatic heterocycles. The molecule has 4 saturated carbocycles. The molecule has 0 heterocycles. The molecule has 1 amide bonds. The van der Waals surface area contributed by atoms with Crippen LogP contribution in [0.15, 0.2) is 72.8 Å². The third-order valence-electron chi connectivity index (χ3n) is 15.8. The summed E-state index contributed by atoms with van der Waals surface area (Å²) in [6.45, 7) is 16.7. The lowest BCUT2D eigenvalue weighted by atomic mass is 9.33. The first-order valence-corrected chi connectivity index (χ1v) is 19.0. The fourth-order valence-electron chi connectivity index (χ4n) is 13.2. The van der Waals surface area contributed by atoms with Crippen molar-refractivity contribution in [1.29, 1.82) is 0 Å². The largest absolute Gasteiger partial charge is 0.479 e. The maximum absolute atomic E-state index is 14.6. The SMILES string of the molecule is C=C(C)C1CCC2(C(=O)NC(C(=O)O)c3ccccc3)CCC3(C)C(CCC4C5(C)CC=C(c6ccc(C(=O)O)cc6)C(C)C5CCC43C)C12. The van der Waals surface area contributed by atoms with Gasteiger partial charge in [0.25, 0.3) is 0 Å². The molecule has 5 aliphatic carbocycles. The number of carbonyl (C=O) groups excluding carboxylic acids is 1. The van der Waals surface area contributed by atoms with E-state index in [0.717, 1.165) is 62.5 Å². The highest BCUT2D eigenvalue weighted by Crippen LogP contribution is 2.77. The number of hydrogen-bond donors (Lipinski definition) is 3. The zero-order chi connectivity index (χ0) is 35.8. The fraction of sp³-hybridized carbons (Fsp3) is 0.568. The standard InChI is InChI=1S/C44H55NO5/c1-26(2)31-19-23-44(40(50)45-37(39(48)49)29-10-8-7-9-11-29)25-24-42(5)34(36(31)44)16-17-35-41(4)21-18-32(27(3)33(41)20-22-43(35,42)6)28-12-14-30(15-13-28)38(46)47/h7-15,18,27,31,33-37H,1,16-17,19-25H2,2-6H3,(H,45,50)(H,46,47)(H,48,49). The Bertz CT molecular complexity index is 1730. The maximum atomic E-state index is 14.6. The van der Waals surface area contributed by atoms with Crippen LogP contribution in [0.4, 0.5) is 0 Å². The first-order valence-electron chi connectivity index (χ1n) is 19.0. The van der Waals surface area contributed by atoms with Gasteiger partial charge in [0.15, 0.2) is 6.04 Å². The van der Waals surface area contributed by atoms with Gasteiger partial charge in [-0.2, -0.15) is 0 Å². The van der Waals surface area contributed by atoms with Gasteiger partial charge in [-0.05, 0) is 145 Å². The normalized spacial score (nSPS) is 39.4. The number of allylic oxidation sites excluding steroid dienone is 3. The monoisotopic (exact) mass is 677 g/mol. The molecule has 6 nitrogen and oxygen atoms in total. The number of hydrogen-bond acceptors (Lipinski definition) is 3. The van der Waals surface area contributed by atoms with Crippen LogP contribution >= 0.6 is 0 Å². The summed E-state index contributed by atoms with van der Waals surface area (Å²) in [4.78, 5) is 38.6. The fourth-order valence-corrected chi connectivity index (χ4v) is 13.2. The Hall–Kier alpha value is -3.67. The summed E-state index contributed by atoms with van der Waals surface area (Å²) in [5.74, 6) is 0.269. The minimum atomic E-state index is -1.07. The van der Waals surface area contributed by atoms with Crippen molar-refractivity contribution in [2.45, 2.75) is 98.4 Å². The number of fused-ring (bicyclic) bond motifs is 7. The van der Waals surface area contributed by atoms with Crippen LogP contribution in [0, 0.1) is 57.2 Å².